The zero-order valence-corrected chi connectivity index (χ0v) is 18.7. The number of halogens is 3. The largest absolute Gasteiger partial charge is 0.418 e. The van der Waals surface area contributed by atoms with Crippen LogP contribution < -0.4 is 16.1 Å². The van der Waals surface area contributed by atoms with Crippen molar-refractivity contribution < 1.29 is 22.8 Å². The highest BCUT2D eigenvalue weighted by Crippen LogP contribution is 2.33. The number of hydrogen-bond donors (Lipinski definition) is 2. The molecule has 0 bridgehead atoms. The molecule has 2 aromatic carbocycles. The van der Waals surface area contributed by atoms with Gasteiger partial charge in [0.15, 0.2) is 5.69 Å². The molecule has 34 heavy (non-hydrogen) atoms. The SMILES string of the molecule is Cc1cc(=O)c(C(=O)Nc2ccccc2C(=O)NCC(C)C)nn1-c1ccccc1C(F)(F)F. The van der Waals surface area contributed by atoms with E-state index in [1.807, 2.05) is 13.8 Å². The smallest absolute Gasteiger partial charge is 0.352 e. The number of benzene rings is 2. The molecule has 3 aromatic rings. The van der Waals surface area contributed by atoms with Crippen molar-refractivity contribution in [2.45, 2.75) is 26.9 Å². The lowest BCUT2D eigenvalue weighted by Crippen LogP contribution is -2.30. The second-order valence-electron chi connectivity index (χ2n) is 8.03. The Labute approximate surface area is 193 Å². The molecule has 0 aliphatic carbocycles. The molecule has 0 saturated carbocycles. The van der Waals surface area contributed by atoms with Gasteiger partial charge in [-0.2, -0.15) is 18.3 Å². The first kappa shape index (κ1) is 24.7. The molecule has 0 aliphatic rings. The Kier molecular flexibility index (Phi) is 7.19. The first-order valence-electron chi connectivity index (χ1n) is 10.4. The third-order valence-electron chi connectivity index (χ3n) is 4.85. The molecular formula is C24H23F3N4O3. The zero-order valence-electron chi connectivity index (χ0n) is 18.7. The summed E-state index contributed by atoms with van der Waals surface area (Å²) in [6.07, 6.45) is -4.67. The number of anilines is 1. The van der Waals surface area contributed by atoms with Crippen LogP contribution in [0.3, 0.4) is 0 Å². The second-order valence-corrected chi connectivity index (χ2v) is 8.03. The summed E-state index contributed by atoms with van der Waals surface area (Å²) < 4.78 is 41.4. The quantitative estimate of drug-likeness (QED) is 0.563. The van der Waals surface area contributed by atoms with Crippen molar-refractivity contribution in [2.24, 2.45) is 5.92 Å². The summed E-state index contributed by atoms with van der Waals surface area (Å²) >= 11 is 0. The molecule has 2 amide bonds. The van der Waals surface area contributed by atoms with E-state index in [1.54, 1.807) is 12.1 Å². The molecule has 0 radical (unpaired) electrons. The van der Waals surface area contributed by atoms with Gasteiger partial charge in [-0.1, -0.05) is 38.1 Å². The maximum Gasteiger partial charge on any atom is 0.418 e. The first-order valence-corrected chi connectivity index (χ1v) is 10.4. The van der Waals surface area contributed by atoms with Crippen LogP contribution in [0.25, 0.3) is 5.69 Å². The highest BCUT2D eigenvalue weighted by Gasteiger charge is 2.34. The van der Waals surface area contributed by atoms with Gasteiger partial charge in [0, 0.05) is 18.3 Å². The number of aromatic nitrogens is 2. The van der Waals surface area contributed by atoms with Crippen molar-refractivity contribution in [3.63, 3.8) is 0 Å². The Bertz CT molecular complexity index is 1280. The minimum atomic E-state index is -4.67. The van der Waals surface area contributed by atoms with Gasteiger partial charge in [-0.15, -0.1) is 0 Å². The van der Waals surface area contributed by atoms with E-state index in [0.29, 0.717) is 6.54 Å². The maximum atomic E-state index is 13.5. The number of hydrogen-bond acceptors (Lipinski definition) is 4. The Morgan fingerprint density at radius 1 is 1.03 bits per heavy atom. The lowest BCUT2D eigenvalue weighted by molar-refractivity contribution is -0.137. The highest BCUT2D eigenvalue weighted by atomic mass is 19.4. The van der Waals surface area contributed by atoms with Crippen molar-refractivity contribution >= 4 is 17.5 Å². The van der Waals surface area contributed by atoms with Crippen molar-refractivity contribution in [1.29, 1.82) is 0 Å². The third kappa shape index (κ3) is 5.51. The monoisotopic (exact) mass is 472 g/mol. The maximum absolute atomic E-state index is 13.5. The van der Waals surface area contributed by atoms with Gasteiger partial charge >= 0.3 is 6.18 Å². The summed E-state index contributed by atoms with van der Waals surface area (Å²) in [4.78, 5) is 37.9. The van der Waals surface area contributed by atoms with Gasteiger partial charge in [0.2, 0.25) is 5.43 Å². The summed E-state index contributed by atoms with van der Waals surface area (Å²) in [5.41, 5.74) is -2.24. The van der Waals surface area contributed by atoms with E-state index in [0.717, 1.165) is 16.8 Å². The number of rotatable bonds is 6. The molecule has 1 aromatic heterocycles. The summed E-state index contributed by atoms with van der Waals surface area (Å²) in [5, 5.41) is 9.16. The van der Waals surface area contributed by atoms with Gasteiger partial charge in [0.25, 0.3) is 11.8 Å². The molecule has 3 rings (SSSR count). The number of carbonyl (C=O) groups is 2. The zero-order chi connectivity index (χ0) is 25.0. The first-order chi connectivity index (χ1) is 16.0. The van der Waals surface area contributed by atoms with Crippen molar-refractivity contribution in [2.75, 3.05) is 11.9 Å². The van der Waals surface area contributed by atoms with E-state index in [2.05, 4.69) is 15.7 Å². The van der Waals surface area contributed by atoms with Crippen molar-refractivity contribution in [1.82, 2.24) is 15.1 Å². The van der Waals surface area contributed by atoms with Gasteiger partial charge in [-0.05, 0) is 37.1 Å². The van der Waals surface area contributed by atoms with Crippen LogP contribution in [0.15, 0.2) is 59.4 Å². The number of amides is 2. The second kappa shape index (κ2) is 9.90. The van der Waals surface area contributed by atoms with Gasteiger partial charge in [0.1, 0.15) is 0 Å². The molecule has 10 heteroatoms. The van der Waals surface area contributed by atoms with Gasteiger partial charge in [-0.25, -0.2) is 4.68 Å². The van der Waals surface area contributed by atoms with Crippen LogP contribution in [0.4, 0.5) is 18.9 Å². The molecule has 0 atom stereocenters. The van der Waals surface area contributed by atoms with Crippen molar-refractivity contribution in [3.05, 3.63) is 87.3 Å². The summed E-state index contributed by atoms with van der Waals surface area (Å²) in [5.74, 6) is -1.16. The fourth-order valence-electron chi connectivity index (χ4n) is 3.21. The molecule has 0 unspecified atom stereocenters. The van der Waals surface area contributed by atoms with Crippen LogP contribution in [-0.2, 0) is 6.18 Å². The summed E-state index contributed by atoms with van der Waals surface area (Å²) in [6.45, 7) is 5.69. The van der Waals surface area contributed by atoms with E-state index in [9.17, 15) is 27.6 Å². The number of para-hydroxylation sites is 2. The minimum absolute atomic E-state index is 0.117. The van der Waals surface area contributed by atoms with Gasteiger partial charge in [0.05, 0.1) is 22.5 Å². The lowest BCUT2D eigenvalue weighted by atomic mass is 10.1. The summed E-state index contributed by atoms with van der Waals surface area (Å²) in [7, 11) is 0. The average molecular weight is 472 g/mol. The number of nitrogens with zero attached hydrogens (tertiary/aromatic N) is 2. The predicted octanol–water partition coefficient (Wildman–Crippen LogP) is 4.20. The Morgan fingerprint density at radius 2 is 1.68 bits per heavy atom. The molecule has 7 nitrogen and oxygen atoms in total. The molecular weight excluding hydrogens is 449 g/mol. The molecule has 2 N–H and O–H groups in total. The highest BCUT2D eigenvalue weighted by molar-refractivity contribution is 6.08. The van der Waals surface area contributed by atoms with E-state index < -0.39 is 34.7 Å². The van der Waals surface area contributed by atoms with Crippen LogP contribution in [0.2, 0.25) is 0 Å². The molecule has 0 saturated heterocycles. The average Bonchev–Trinajstić information content (AvgIpc) is 2.77. The Hall–Kier alpha value is -3.95. The van der Waals surface area contributed by atoms with Crippen LogP contribution in [-0.4, -0.2) is 28.1 Å². The topological polar surface area (TPSA) is 93.1 Å². The molecule has 0 aliphatic heterocycles. The normalized spacial score (nSPS) is 11.4. The molecule has 0 fully saturated rings. The van der Waals surface area contributed by atoms with Crippen LogP contribution >= 0.6 is 0 Å². The third-order valence-corrected chi connectivity index (χ3v) is 4.85. The number of aryl methyl sites for hydroxylation is 1. The number of carbonyl (C=O) groups excluding carboxylic acids is 2. The van der Waals surface area contributed by atoms with E-state index in [1.165, 1.54) is 37.3 Å². The summed E-state index contributed by atoms with van der Waals surface area (Å²) in [6, 6.07) is 12.0. The minimum Gasteiger partial charge on any atom is -0.352 e. The standard InChI is InChI=1S/C24H23F3N4O3/c1-14(2)13-28-22(33)16-8-4-6-10-18(16)29-23(34)21-20(32)12-15(3)31(30-21)19-11-7-5-9-17(19)24(25,26)27/h4-12,14H,13H2,1-3H3,(H,28,33)(H,29,34). The van der Waals surface area contributed by atoms with Crippen LogP contribution in [0.1, 0.15) is 46.0 Å². The predicted molar refractivity (Wildman–Crippen MR) is 121 cm³/mol. The lowest BCUT2D eigenvalue weighted by Gasteiger charge is -2.17. The van der Waals surface area contributed by atoms with Gasteiger partial charge < -0.3 is 10.6 Å². The molecule has 0 spiro atoms. The molecule has 1 heterocycles. The number of alkyl halides is 3. The van der Waals surface area contributed by atoms with E-state index >= 15 is 0 Å². The fraction of sp³-hybridized carbons (Fsp3) is 0.250. The van der Waals surface area contributed by atoms with Gasteiger partial charge in [-0.3, -0.25) is 14.4 Å². The molecule has 178 valence electrons. The van der Waals surface area contributed by atoms with E-state index in [-0.39, 0.29) is 28.6 Å². The fourth-order valence-corrected chi connectivity index (χ4v) is 3.21. The van der Waals surface area contributed by atoms with Crippen LogP contribution in [0.5, 0.6) is 0 Å². The Balaban J connectivity index is 1.99. The van der Waals surface area contributed by atoms with Crippen LogP contribution in [0, 0.1) is 12.8 Å². The van der Waals surface area contributed by atoms with E-state index in [4.69, 9.17) is 0 Å². The van der Waals surface area contributed by atoms with Crippen molar-refractivity contribution in [3.8, 4) is 5.69 Å². The Morgan fingerprint density at radius 3 is 2.35 bits per heavy atom. The number of nitrogens with one attached hydrogen (secondary N) is 2.